The van der Waals surface area contributed by atoms with Crippen LogP contribution in [-0.2, 0) is 0 Å². The molecule has 0 saturated heterocycles. The van der Waals surface area contributed by atoms with Gasteiger partial charge in [0.25, 0.3) is 0 Å². The van der Waals surface area contributed by atoms with Gasteiger partial charge in [-0.3, -0.25) is 0 Å². The molecule has 0 saturated carbocycles. The van der Waals surface area contributed by atoms with Crippen LogP contribution < -0.4 is 5.32 Å². The Hall–Kier alpha value is -1.75. The van der Waals surface area contributed by atoms with Crippen molar-refractivity contribution in [3.05, 3.63) is 40.6 Å². The number of rotatable bonds is 2. The molecule has 0 aliphatic rings. The molecule has 1 heterocycles. The third-order valence-corrected chi connectivity index (χ3v) is 2.74. The van der Waals surface area contributed by atoms with Gasteiger partial charge in [0, 0.05) is 12.6 Å². The monoisotopic (exact) mass is 269 g/mol. The van der Waals surface area contributed by atoms with Gasteiger partial charge in [0.1, 0.15) is 5.82 Å². The molecule has 0 aliphatic carbocycles. The SMILES string of the molecule is CNc1nc(-c2ccc(F)cc2Cl)nc(C)c1F. The van der Waals surface area contributed by atoms with Crippen LogP contribution >= 0.6 is 11.6 Å². The zero-order chi connectivity index (χ0) is 13.3. The van der Waals surface area contributed by atoms with Gasteiger partial charge in [0.05, 0.1) is 10.7 Å². The number of hydrogen-bond donors (Lipinski definition) is 1. The van der Waals surface area contributed by atoms with Crippen LogP contribution in [0.4, 0.5) is 14.6 Å². The fraction of sp³-hybridized carbons (Fsp3) is 0.167. The van der Waals surface area contributed by atoms with Gasteiger partial charge in [-0.15, -0.1) is 0 Å². The van der Waals surface area contributed by atoms with E-state index in [1.165, 1.54) is 19.1 Å². The number of hydrogen-bond acceptors (Lipinski definition) is 3. The summed E-state index contributed by atoms with van der Waals surface area (Å²) in [5.41, 5.74) is 0.655. The molecule has 0 radical (unpaired) electrons. The average molecular weight is 270 g/mol. The van der Waals surface area contributed by atoms with Gasteiger partial charge in [0.2, 0.25) is 0 Å². The van der Waals surface area contributed by atoms with E-state index in [1.807, 2.05) is 0 Å². The van der Waals surface area contributed by atoms with Gasteiger partial charge in [-0.25, -0.2) is 18.7 Å². The number of anilines is 1. The van der Waals surface area contributed by atoms with E-state index in [-0.39, 0.29) is 22.4 Å². The van der Waals surface area contributed by atoms with Crippen LogP contribution in [0.2, 0.25) is 5.02 Å². The molecule has 6 heteroatoms. The Kier molecular flexibility index (Phi) is 3.43. The Balaban J connectivity index is 2.60. The molecule has 1 aromatic heterocycles. The number of aryl methyl sites for hydroxylation is 1. The highest BCUT2D eigenvalue weighted by Crippen LogP contribution is 2.27. The van der Waals surface area contributed by atoms with Crippen LogP contribution in [0.25, 0.3) is 11.4 Å². The lowest BCUT2D eigenvalue weighted by Gasteiger charge is -2.08. The largest absolute Gasteiger partial charge is 0.371 e. The first kappa shape index (κ1) is 12.7. The highest BCUT2D eigenvalue weighted by molar-refractivity contribution is 6.33. The van der Waals surface area contributed by atoms with E-state index in [1.54, 1.807) is 7.05 Å². The van der Waals surface area contributed by atoms with Crippen molar-refractivity contribution in [1.82, 2.24) is 9.97 Å². The van der Waals surface area contributed by atoms with E-state index in [9.17, 15) is 8.78 Å². The molecule has 1 N–H and O–H groups in total. The van der Waals surface area contributed by atoms with Crippen molar-refractivity contribution in [1.29, 1.82) is 0 Å². The number of benzene rings is 1. The molecule has 18 heavy (non-hydrogen) atoms. The summed E-state index contributed by atoms with van der Waals surface area (Å²) in [7, 11) is 1.56. The Morgan fingerprint density at radius 3 is 2.56 bits per heavy atom. The number of halogens is 3. The van der Waals surface area contributed by atoms with E-state index in [2.05, 4.69) is 15.3 Å². The summed E-state index contributed by atoms with van der Waals surface area (Å²) in [5, 5.41) is 2.82. The fourth-order valence-corrected chi connectivity index (χ4v) is 1.77. The molecule has 0 atom stereocenters. The van der Waals surface area contributed by atoms with Crippen molar-refractivity contribution >= 4 is 17.4 Å². The second-order valence-electron chi connectivity index (χ2n) is 3.67. The van der Waals surface area contributed by atoms with Crippen molar-refractivity contribution in [3.8, 4) is 11.4 Å². The first-order valence-corrected chi connectivity index (χ1v) is 5.58. The second-order valence-corrected chi connectivity index (χ2v) is 4.08. The maximum atomic E-state index is 13.6. The van der Waals surface area contributed by atoms with Crippen LogP contribution in [0.15, 0.2) is 18.2 Å². The van der Waals surface area contributed by atoms with Crippen LogP contribution in [0, 0.1) is 18.6 Å². The van der Waals surface area contributed by atoms with Crippen molar-refractivity contribution < 1.29 is 8.78 Å². The summed E-state index contributed by atoms with van der Waals surface area (Å²) >= 11 is 5.92. The molecule has 2 rings (SSSR count). The normalized spacial score (nSPS) is 10.5. The molecule has 0 unspecified atom stereocenters. The van der Waals surface area contributed by atoms with Crippen molar-refractivity contribution in [2.45, 2.75) is 6.92 Å². The Bertz CT molecular complexity index is 602. The minimum atomic E-state index is -0.514. The summed E-state index contributed by atoms with van der Waals surface area (Å²) in [6.45, 7) is 1.53. The van der Waals surface area contributed by atoms with Gasteiger partial charge in [-0.2, -0.15) is 0 Å². The fourth-order valence-electron chi connectivity index (χ4n) is 1.52. The zero-order valence-corrected chi connectivity index (χ0v) is 10.5. The Labute approximate surface area is 108 Å². The summed E-state index contributed by atoms with van der Waals surface area (Å²) in [5.74, 6) is -0.628. The highest BCUT2D eigenvalue weighted by Gasteiger charge is 2.13. The van der Waals surface area contributed by atoms with Crippen LogP contribution in [-0.4, -0.2) is 17.0 Å². The van der Waals surface area contributed by atoms with Crippen molar-refractivity contribution in [2.75, 3.05) is 12.4 Å². The van der Waals surface area contributed by atoms with Crippen molar-refractivity contribution in [3.63, 3.8) is 0 Å². The predicted octanol–water partition coefficient (Wildman–Crippen LogP) is 3.43. The molecule has 1 aromatic carbocycles. The summed E-state index contributed by atoms with van der Waals surface area (Å²) < 4.78 is 26.5. The topological polar surface area (TPSA) is 37.8 Å². The zero-order valence-electron chi connectivity index (χ0n) is 9.76. The molecule has 0 fully saturated rings. The van der Waals surface area contributed by atoms with Gasteiger partial charge < -0.3 is 5.32 Å². The van der Waals surface area contributed by atoms with E-state index < -0.39 is 11.6 Å². The summed E-state index contributed by atoms with van der Waals surface area (Å²) in [6.07, 6.45) is 0. The predicted molar refractivity (Wildman–Crippen MR) is 66.7 cm³/mol. The molecule has 0 spiro atoms. The van der Waals surface area contributed by atoms with Crippen LogP contribution in [0.1, 0.15) is 5.69 Å². The average Bonchev–Trinajstić information content (AvgIpc) is 2.32. The lowest BCUT2D eigenvalue weighted by atomic mass is 10.2. The number of aromatic nitrogens is 2. The molecule has 0 amide bonds. The maximum Gasteiger partial charge on any atom is 0.186 e. The third kappa shape index (κ3) is 2.26. The Morgan fingerprint density at radius 1 is 1.22 bits per heavy atom. The van der Waals surface area contributed by atoms with E-state index >= 15 is 0 Å². The third-order valence-electron chi connectivity index (χ3n) is 2.43. The molecule has 3 nitrogen and oxygen atoms in total. The smallest absolute Gasteiger partial charge is 0.186 e. The molecular formula is C12H10ClF2N3. The molecule has 2 aromatic rings. The minimum absolute atomic E-state index is 0.0814. The van der Waals surface area contributed by atoms with Crippen LogP contribution in [0.5, 0.6) is 0 Å². The van der Waals surface area contributed by atoms with Crippen molar-refractivity contribution in [2.24, 2.45) is 0 Å². The highest BCUT2D eigenvalue weighted by atomic mass is 35.5. The summed E-state index contributed by atoms with van der Waals surface area (Å²) in [4.78, 5) is 8.02. The van der Waals surface area contributed by atoms with Crippen LogP contribution in [0.3, 0.4) is 0 Å². The maximum absolute atomic E-state index is 13.6. The molecule has 0 aliphatic heterocycles. The minimum Gasteiger partial charge on any atom is -0.371 e. The number of nitrogens with zero attached hydrogens (tertiary/aromatic N) is 2. The first-order valence-electron chi connectivity index (χ1n) is 5.20. The lowest BCUT2D eigenvalue weighted by molar-refractivity contribution is 0.607. The Morgan fingerprint density at radius 2 is 1.94 bits per heavy atom. The first-order chi connectivity index (χ1) is 8.52. The van der Waals surface area contributed by atoms with E-state index in [4.69, 9.17) is 11.6 Å². The molecule has 94 valence electrons. The lowest BCUT2D eigenvalue weighted by Crippen LogP contribution is -2.03. The molecule has 0 bridgehead atoms. The second kappa shape index (κ2) is 4.86. The summed E-state index contributed by atoms with van der Waals surface area (Å²) in [6, 6.07) is 3.88. The molecular weight excluding hydrogens is 260 g/mol. The standard InChI is InChI=1S/C12H10ClF2N3/c1-6-10(15)12(16-2)18-11(17-6)8-4-3-7(14)5-9(8)13/h3-5H,1-2H3,(H,16,17,18). The van der Waals surface area contributed by atoms with Gasteiger partial charge in [-0.1, -0.05) is 11.6 Å². The van der Waals surface area contributed by atoms with E-state index in [0.29, 0.717) is 5.56 Å². The quantitative estimate of drug-likeness (QED) is 0.908. The number of nitrogens with one attached hydrogen (secondary N) is 1. The van der Waals surface area contributed by atoms with E-state index in [0.717, 1.165) is 6.07 Å². The van der Waals surface area contributed by atoms with Gasteiger partial charge in [0.15, 0.2) is 17.5 Å². The van der Waals surface area contributed by atoms with Gasteiger partial charge in [-0.05, 0) is 25.1 Å². The van der Waals surface area contributed by atoms with Gasteiger partial charge >= 0.3 is 0 Å².